The molecule has 0 rings (SSSR count). The molecular weight excluding hydrogens is 250 g/mol. The van der Waals surface area contributed by atoms with Gasteiger partial charge < -0.3 is 21.9 Å². The van der Waals surface area contributed by atoms with Crippen LogP contribution in [0.2, 0.25) is 0 Å². The van der Waals surface area contributed by atoms with Crippen LogP contribution in [0.4, 0.5) is 4.79 Å². The van der Waals surface area contributed by atoms with Crippen molar-refractivity contribution < 1.29 is 19.5 Å². The maximum absolute atomic E-state index is 11.8. The number of carboxylic acids is 1. The topological polar surface area (TPSA) is 136 Å². The smallest absolute Gasteiger partial charge is 0.312 e. The van der Waals surface area contributed by atoms with E-state index in [-0.39, 0.29) is 18.1 Å². The number of primary amides is 1. The monoisotopic (exact) mass is 273 g/mol. The zero-order chi connectivity index (χ0) is 15.0. The van der Waals surface area contributed by atoms with Gasteiger partial charge in [0.15, 0.2) is 5.78 Å². The third-order valence-corrected chi connectivity index (χ3v) is 2.92. The Morgan fingerprint density at radius 3 is 2.26 bits per heavy atom. The van der Waals surface area contributed by atoms with Crippen LogP contribution in [0.1, 0.15) is 33.1 Å². The van der Waals surface area contributed by atoms with E-state index in [1.807, 2.05) is 13.8 Å². The van der Waals surface area contributed by atoms with Gasteiger partial charge >= 0.3 is 12.0 Å². The van der Waals surface area contributed by atoms with Gasteiger partial charge in [0.1, 0.15) is 0 Å². The van der Waals surface area contributed by atoms with Crippen LogP contribution in [0.5, 0.6) is 0 Å². The molecule has 0 aliphatic carbocycles. The molecular formula is C12H23N3O4. The first-order chi connectivity index (χ1) is 8.75. The van der Waals surface area contributed by atoms with Gasteiger partial charge in [0, 0.05) is 13.0 Å². The lowest BCUT2D eigenvalue weighted by molar-refractivity contribution is -0.144. The first-order valence-electron chi connectivity index (χ1n) is 6.30. The van der Waals surface area contributed by atoms with E-state index >= 15 is 0 Å². The van der Waals surface area contributed by atoms with E-state index < -0.39 is 24.0 Å². The summed E-state index contributed by atoms with van der Waals surface area (Å²) in [5.41, 5.74) is 10.6. The Balaban J connectivity index is 4.23. The van der Waals surface area contributed by atoms with Crippen LogP contribution in [0.15, 0.2) is 0 Å². The number of urea groups is 1. The summed E-state index contributed by atoms with van der Waals surface area (Å²) in [5, 5.41) is 11.4. The first-order valence-corrected chi connectivity index (χ1v) is 6.30. The fraction of sp³-hybridized carbons (Fsp3) is 0.750. The van der Waals surface area contributed by atoms with E-state index in [0.717, 1.165) is 0 Å². The van der Waals surface area contributed by atoms with Gasteiger partial charge in [-0.15, -0.1) is 0 Å². The molecule has 0 aliphatic heterocycles. The highest BCUT2D eigenvalue weighted by atomic mass is 16.4. The van der Waals surface area contributed by atoms with Gasteiger partial charge in [-0.3, -0.25) is 9.59 Å². The Morgan fingerprint density at radius 1 is 1.26 bits per heavy atom. The molecule has 7 nitrogen and oxygen atoms in total. The predicted molar refractivity (Wildman–Crippen MR) is 70.4 cm³/mol. The summed E-state index contributed by atoms with van der Waals surface area (Å²) in [5.74, 6) is -2.06. The molecule has 0 bridgehead atoms. The molecule has 0 aromatic rings. The summed E-state index contributed by atoms with van der Waals surface area (Å²) in [6, 6.07) is -1.28. The number of nitrogens with one attached hydrogen (secondary N) is 1. The molecule has 0 saturated heterocycles. The molecule has 0 aromatic heterocycles. The summed E-state index contributed by atoms with van der Waals surface area (Å²) in [6.45, 7) is 3.92. The number of carboxylic acid groups (broad SMARTS) is 1. The Hall–Kier alpha value is -1.63. The number of hydrogen-bond donors (Lipinski definition) is 4. The number of carbonyl (C=O) groups is 3. The fourth-order valence-electron chi connectivity index (χ4n) is 1.62. The molecule has 19 heavy (non-hydrogen) atoms. The highest BCUT2D eigenvalue weighted by Crippen LogP contribution is 2.14. The standard InChI is InChI=1S/C12H23N3O4/c1-7(2)10(13)9(16)6-8(11(17)18)4-3-5-15-12(14)19/h7-8,10H,3-6,13H2,1-2H3,(H,17,18)(H3,14,15,19)/t8-,10+/m1/s1. The molecule has 0 spiro atoms. The number of Topliss-reactive ketones (excluding diaryl/α,β-unsaturated/α-hetero) is 1. The van der Waals surface area contributed by atoms with Crippen LogP contribution in [0.25, 0.3) is 0 Å². The number of aliphatic carboxylic acids is 1. The van der Waals surface area contributed by atoms with Crippen molar-refractivity contribution in [2.45, 2.75) is 39.2 Å². The second-order valence-electron chi connectivity index (χ2n) is 4.91. The van der Waals surface area contributed by atoms with Crippen LogP contribution < -0.4 is 16.8 Å². The highest BCUT2D eigenvalue weighted by molar-refractivity contribution is 5.87. The number of amides is 2. The van der Waals surface area contributed by atoms with Crippen LogP contribution in [-0.2, 0) is 9.59 Å². The average Bonchev–Trinajstić information content (AvgIpc) is 2.30. The van der Waals surface area contributed by atoms with Crippen molar-refractivity contribution in [2.75, 3.05) is 6.54 Å². The number of carbonyl (C=O) groups excluding carboxylic acids is 2. The fourth-order valence-corrected chi connectivity index (χ4v) is 1.62. The van der Waals surface area contributed by atoms with E-state index in [2.05, 4.69) is 5.32 Å². The third-order valence-electron chi connectivity index (χ3n) is 2.92. The molecule has 7 heteroatoms. The van der Waals surface area contributed by atoms with Gasteiger partial charge in [0.2, 0.25) is 0 Å². The lowest BCUT2D eigenvalue weighted by atomic mass is 9.91. The number of hydrogen-bond acceptors (Lipinski definition) is 4. The van der Waals surface area contributed by atoms with Crippen molar-refractivity contribution in [3.63, 3.8) is 0 Å². The summed E-state index contributed by atoms with van der Waals surface area (Å²) in [6.07, 6.45) is 0.668. The zero-order valence-electron chi connectivity index (χ0n) is 11.4. The largest absolute Gasteiger partial charge is 0.481 e. The van der Waals surface area contributed by atoms with E-state index in [1.165, 1.54) is 0 Å². The third kappa shape index (κ3) is 7.40. The van der Waals surface area contributed by atoms with E-state index in [4.69, 9.17) is 16.6 Å². The molecule has 0 heterocycles. The summed E-state index contributed by atoms with van der Waals surface area (Å²) in [4.78, 5) is 33.3. The maximum Gasteiger partial charge on any atom is 0.312 e. The minimum absolute atomic E-state index is 0.0153. The van der Waals surface area contributed by atoms with E-state index in [1.54, 1.807) is 0 Å². The predicted octanol–water partition coefficient (Wildman–Crippen LogP) is 0.0782. The molecule has 0 unspecified atom stereocenters. The van der Waals surface area contributed by atoms with Crippen molar-refractivity contribution in [1.29, 1.82) is 0 Å². The SMILES string of the molecule is CC(C)[C@H](N)C(=O)C[C@@H](CCCNC(N)=O)C(=O)O. The Bertz CT molecular complexity index is 331. The van der Waals surface area contributed by atoms with Crippen molar-refractivity contribution in [3.05, 3.63) is 0 Å². The average molecular weight is 273 g/mol. The molecule has 6 N–H and O–H groups in total. The van der Waals surface area contributed by atoms with Gasteiger partial charge in [-0.05, 0) is 18.8 Å². The molecule has 110 valence electrons. The van der Waals surface area contributed by atoms with Crippen molar-refractivity contribution in [3.8, 4) is 0 Å². The van der Waals surface area contributed by atoms with Gasteiger partial charge in [-0.25, -0.2) is 4.79 Å². The summed E-state index contributed by atoms with van der Waals surface area (Å²) >= 11 is 0. The minimum Gasteiger partial charge on any atom is -0.481 e. The lowest BCUT2D eigenvalue weighted by Crippen LogP contribution is -2.37. The number of rotatable bonds is 9. The zero-order valence-corrected chi connectivity index (χ0v) is 11.4. The van der Waals surface area contributed by atoms with Crippen LogP contribution in [0.3, 0.4) is 0 Å². The lowest BCUT2D eigenvalue weighted by Gasteiger charge is -2.17. The van der Waals surface area contributed by atoms with Crippen LogP contribution >= 0.6 is 0 Å². The summed E-state index contributed by atoms with van der Waals surface area (Å²) < 4.78 is 0. The molecule has 2 amide bonds. The quantitative estimate of drug-likeness (QED) is 0.441. The number of nitrogens with two attached hydrogens (primary N) is 2. The molecule has 0 saturated carbocycles. The minimum atomic E-state index is -1.02. The van der Waals surface area contributed by atoms with Gasteiger partial charge in [-0.1, -0.05) is 13.8 Å². The van der Waals surface area contributed by atoms with Gasteiger partial charge in [0.25, 0.3) is 0 Å². The normalized spacial score (nSPS) is 13.9. The molecule has 0 aromatic carbocycles. The second-order valence-corrected chi connectivity index (χ2v) is 4.91. The molecule has 2 atom stereocenters. The van der Waals surface area contributed by atoms with Gasteiger partial charge in [0.05, 0.1) is 12.0 Å². The number of ketones is 1. The Kier molecular flexibility index (Phi) is 7.74. The van der Waals surface area contributed by atoms with Gasteiger partial charge in [-0.2, -0.15) is 0 Å². The first kappa shape index (κ1) is 17.4. The van der Waals surface area contributed by atoms with Crippen molar-refractivity contribution in [1.82, 2.24) is 5.32 Å². The Labute approximate surface area is 112 Å². The molecule has 0 radical (unpaired) electrons. The molecule has 0 aliphatic rings. The van der Waals surface area contributed by atoms with Crippen LogP contribution in [0, 0.1) is 11.8 Å². The molecule has 0 fully saturated rings. The second kappa shape index (κ2) is 8.47. The van der Waals surface area contributed by atoms with Crippen LogP contribution in [-0.4, -0.2) is 35.5 Å². The van der Waals surface area contributed by atoms with E-state index in [0.29, 0.717) is 19.4 Å². The highest BCUT2D eigenvalue weighted by Gasteiger charge is 2.25. The Morgan fingerprint density at radius 2 is 1.84 bits per heavy atom. The summed E-state index contributed by atoms with van der Waals surface area (Å²) in [7, 11) is 0. The van der Waals surface area contributed by atoms with Crippen molar-refractivity contribution in [2.24, 2.45) is 23.3 Å². The van der Waals surface area contributed by atoms with E-state index in [9.17, 15) is 14.4 Å². The maximum atomic E-state index is 11.8. The van der Waals surface area contributed by atoms with Crippen molar-refractivity contribution >= 4 is 17.8 Å².